The van der Waals surface area contributed by atoms with Crippen molar-refractivity contribution < 1.29 is 4.79 Å². The number of benzene rings is 1. The van der Waals surface area contributed by atoms with Gasteiger partial charge in [-0.05, 0) is 45.0 Å². The first kappa shape index (κ1) is 15.8. The first-order valence-corrected chi connectivity index (χ1v) is 7.08. The number of nitrogens with zero attached hydrogens (tertiary/aromatic N) is 2. The van der Waals surface area contributed by atoms with Crippen LogP contribution in [-0.2, 0) is 11.3 Å². The van der Waals surface area contributed by atoms with E-state index >= 15 is 0 Å². The van der Waals surface area contributed by atoms with E-state index in [0.29, 0.717) is 0 Å². The summed E-state index contributed by atoms with van der Waals surface area (Å²) in [5.41, 5.74) is 1.73. The maximum atomic E-state index is 12.7. The average molecular weight is 310 g/mol. The Labute approximate surface area is 129 Å². The van der Waals surface area contributed by atoms with Crippen LogP contribution in [0.5, 0.6) is 0 Å². The van der Waals surface area contributed by atoms with E-state index in [1.54, 1.807) is 4.57 Å². The van der Waals surface area contributed by atoms with Crippen molar-refractivity contribution in [3.05, 3.63) is 34.7 Å². The van der Waals surface area contributed by atoms with E-state index < -0.39 is 0 Å². The summed E-state index contributed by atoms with van der Waals surface area (Å²) in [6.45, 7) is 3.53. The van der Waals surface area contributed by atoms with Gasteiger partial charge in [0.15, 0.2) is 0 Å². The van der Waals surface area contributed by atoms with Crippen LogP contribution in [0.1, 0.15) is 25.8 Å². The summed E-state index contributed by atoms with van der Waals surface area (Å²) < 4.78 is 3.47. The molecule has 0 unspecified atom stereocenters. The van der Waals surface area contributed by atoms with Gasteiger partial charge in [0.1, 0.15) is 5.78 Å². The van der Waals surface area contributed by atoms with Crippen LogP contribution in [0.2, 0.25) is 0 Å². The Kier molecular flexibility index (Phi) is 4.85. The molecule has 114 valence electrons. The molecule has 6 heteroatoms. The van der Waals surface area contributed by atoms with Crippen molar-refractivity contribution >= 4 is 29.2 Å². The van der Waals surface area contributed by atoms with Gasteiger partial charge in [-0.2, -0.15) is 0 Å². The van der Waals surface area contributed by atoms with Crippen molar-refractivity contribution in [1.29, 1.82) is 0 Å². The van der Waals surface area contributed by atoms with Crippen molar-refractivity contribution in [3.63, 3.8) is 0 Å². The maximum absolute atomic E-state index is 12.7. The lowest BCUT2D eigenvalue weighted by molar-refractivity contribution is -0.117. The number of Topliss-reactive ketones (excluding diaryl/α,β-unsaturated/α-hetero) is 1. The van der Waals surface area contributed by atoms with Gasteiger partial charge in [-0.15, -0.1) is 12.4 Å². The molecule has 0 aliphatic carbocycles. The lowest BCUT2D eigenvalue weighted by Gasteiger charge is -2.23. The first-order chi connectivity index (χ1) is 9.68. The predicted octanol–water partition coefficient (Wildman–Crippen LogP) is 1.74. The highest BCUT2D eigenvalue weighted by molar-refractivity contribution is 5.85. The first-order valence-electron chi connectivity index (χ1n) is 7.08. The topological polar surface area (TPSA) is 56.0 Å². The van der Waals surface area contributed by atoms with Gasteiger partial charge in [0.05, 0.1) is 17.6 Å². The van der Waals surface area contributed by atoms with Gasteiger partial charge in [-0.3, -0.25) is 13.9 Å². The minimum atomic E-state index is -0.0618. The number of carbonyl (C=O) groups is 1. The van der Waals surface area contributed by atoms with E-state index in [2.05, 4.69) is 5.32 Å². The second-order valence-corrected chi connectivity index (χ2v) is 5.41. The van der Waals surface area contributed by atoms with Crippen LogP contribution in [0, 0.1) is 0 Å². The summed E-state index contributed by atoms with van der Waals surface area (Å²) in [5, 5.41) is 3.31. The number of nitrogens with one attached hydrogen (secondary N) is 1. The molecule has 1 fully saturated rings. The van der Waals surface area contributed by atoms with Gasteiger partial charge in [0.2, 0.25) is 0 Å². The van der Waals surface area contributed by atoms with Gasteiger partial charge in [0, 0.05) is 6.04 Å². The number of hydrogen-bond acceptors (Lipinski definition) is 3. The molecule has 0 bridgehead atoms. The molecule has 5 nitrogen and oxygen atoms in total. The van der Waals surface area contributed by atoms with E-state index in [1.807, 2.05) is 28.8 Å². The quantitative estimate of drug-likeness (QED) is 0.939. The number of fused-ring (bicyclic) bond motifs is 1. The fourth-order valence-electron chi connectivity index (χ4n) is 3.03. The van der Waals surface area contributed by atoms with E-state index in [-0.39, 0.29) is 36.5 Å². The van der Waals surface area contributed by atoms with Crippen LogP contribution < -0.4 is 11.0 Å². The predicted molar refractivity (Wildman–Crippen MR) is 85.3 cm³/mol. The van der Waals surface area contributed by atoms with Crippen LogP contribution in [0.25, 0.3) is 11.0 Å². The molecule has 0 spiro atoms. The number of aromatic nitrogens is 2. The number of piperidine rings is 1. The molecule has 21 heavy (non-hydrogen) atoms. The van der Waals surface area contributed by atoms with Crippen LogP contribution in [-0.4, -0.2) is 28.0 Å². The minimum Gasteiger partial charge on any atom is -0.317 e. The van der Waals surface area contributed by atoms with Crippen LogP contribution >= 0.6 is 12.4 Å². The highest BCUT2D eigenvalue weighted by Crippen LogP contribution is 2.23. The normalized spacial score (nSPS) is 15.9. The van der Waals surface area contributed by atoms with E-state index in [9.17, 15) is 9.59 Å². The molecule has 0 amide bonds. The van der Waals surface area contributed by atoms with Crippen molar-refractivity contribution in [2.75, 3.05) is 13.1 Å². The molecule has 1 aromatic carbocycles. The Balaban J connectivity index is 0.00000161. The number of imidazole rings is 1. The Morgan fingerprint density at radius 1 is 1.24 bits per heavy atom. The Hall–Kier alpha value is -1.59. The summed E-state index contributed by atoms with van der Waals surface area (Å²) in [4.78, 5) is 24.1. The molecule has 0 saturated carbocycles. The number of ketones is 1. The monoisotopic (exact) mass is 309 g/mol. The molecule has 3 rings (SSSR count). The average Bonchev–Trinajstić information content (AvgIpc) is 2.72. The zero-order valence-electron chi connectivity index (χ0n) is 12.0. The Morgan fingerprint density at radius 2 is 1.86 bits per heavy atom. The van der Waals surface area contributed by atoms with Gasteiger partial charge >= 0.3 is 5.69 Å². The summed E-state index contributed by atoms with van der Waals surface area (Å²) in [6.07, 6.45) is 1.90. The van der Waals surface area contributed by atoms with Crippen LogP contribution in [0.4, 0.5) is 0 Å². The smallest absolute Gasteiger partial charge is 0.317 e. The highest BCUT2D eigenvalue weighted by atomic mass is 35.5. The van der Waals surface area contributed by atoms with Gasteiger partial charge < -0.3 is 5.32 Å². The number of para-hydroxylation sites is 2. The third kappa shape index (κ3) is 2.89. The number of halogens is 1. The molecule has 0 atom stereocenters. The van der Waals surface area contributed by atoms with E-state index in [0.717, 1.165) is 37.0 Å². The lowest BCUT2D eigenvalue weighted by Crippen LogP contribution is -2.35. The van der Waals surface area contributed by atoms with E-state index in [4.69, 9.17) is 0 Å². The molecule has 1 aliphatic heterocycles. The van der Waals surface area contributed by atoms with Gasteiger partial charge in [0.25, 0.3) is 0 Å². The molecule has 1 aliphatic rings. The van der Waals surface area contributed by atoms with Crippen LogP contribution in [0.15, 0.2) is 29.1 Å². The lowest BCUT2D eigenvalue weighted by atomic mass is 10.1. The fourth-order valence-corrected chi connectivity index (χ4v) is 3.03. The fraction of sp³-hybridized carbons (Fsp3) is 0.467. The molecule has 2 aromatic rings. The van der Waals surface area contributed by atoms with Crippen molar-refractivity contribution in [2.24, 2.45) is 0 Å². The number of carbonyl (C=O) groups excluding carboxylic acids is 1. The second kappa shape index (κ2) is 6.45. The van der Waals surface area contributed by atoms with Crippen LogP contribution in [0.3, 0.4) is 0 Å². The van der Waals surface area contributed by atoms with E-state index in [1.165, 1.54) is 6.92 Å². The molecule has 2 heterocycles. The van der Waals surface area contributed by atoms with Gasteiger partial charge in [-0.25, -0.2) is 4.79 Å². The molecule has 0 radical (unpaired) electrons. The summed E-state index contributed by atoms with van der Waals surface area (Å²) >= 11 is 0. The molecule has 1 N–H and O–H groups in total. The Bertz CT molecular complexity index is 698. The standard InChI is InChI=1S/C15H19N3O2.ClH/c1-11(19)10-17-13-4-2-3-5-14(13)18(15(17)20)12-6-8-16-9-7-12;/h2-5,12,16H,6-10H2,1H3;1H. The zero-order valence-corrected chi connectivity index (χ0v) is 12.9. The van der Waals surface area contributed by atoms with Crippen molar-refractivity contribution in [1.82, 2.24) is 14.5 Å². The van der Waals surface area contributed by atoms with Gasteiger partial charge in [-0.1, -0.05) is 12.1 Å². The number of hydrogen-bond donors (Lipinski definition) is 1. The number of rotatable bonds is 3. The third-order valence-electron chi connectivity index (χ3n) is 3.92. The highest BCUT2D eigenvalue weighted by Gasteiger charge is 2.22. The largest absolute Gasteiger partial charge is 0.329 e. The second-order valence-electron chi connectivity index (χ2n) is 5.41. The van der Waals surface area contributed by atoms with Crippen molar-refractivity contribution in [2.45, 2.75) is 32.4 Å². The minimum absolute atomic E-state index is 0. The Morgan fingerprint density at radius 3 is 2.48 bits per heavy atom. The maximum Gasteiger partial charge on any atom is 0.329 e. The zero-order chi connectivity index (χ0) is 14.1. The SMILES string of the molecule is CC(=O)Cn1c(=O)n(C2CCNCC2)c2ccccc21.Cl. The molecule has 1 aromatic heterocycles. The summed E-state index contributed by atoms with van der Waals surface area (Å²) in [7, 11) is 0. The molecular formula is C15H20ClN3O2. The molecular weight excluding hydrogens is 290 g/mol. The third-order valence-corrected chi connectivity index (χ3v) is 3.92. The summed E-state index contributed by atoms with van der Waals surface area (Å²) in [5.74, 6) is 0.000291. The van der Waals surface area contributed by atoms with Crippen molar-refractivity contribution in [3.8, 4) is 0 Å². The summed E-state index contributed by atoms with van der Waals surface area (Å²) in [6, 6.07) is 7.96. The molecule has 1 saturated heterocycles.